The third-order valence-corrected chi connectivity index (χ3v) is 5.51. The minimum Gasteiger partial charge on any atom is -0.377 e. The van der Waals surface area contributed by atoms with Crippen LogP contribution in [-0.2, 0) is 9.53 Å². The van der Waals surface area contributed by atoms with Crippen LogP contribution in [0.5, 0.6) is 0 Å². The highest BCUT2D eigenvalue weighted by atomic mass is 35.5. The molecule has 5 heteroatoms. The third-order valence-electron chi connectivity index (χ3n) is 5.18. The Balaban J connectivity index is 1.85. The SMILES string of the molecule is CC1(C)C2OCCCC2C1(N)C(=O)Nc1ccccc1Cl. The largest absolute Gasteiger partial charge is 0.377 e. The number of hydrogen-bond acceptors (Lipinski definition) is 3. The molecule has 1 aromatic carbocycles. The van der Waals surface area contributed by atoms with E-state index in [0.29, 0.717) is 10.7 Å². The Morgan fingerprint density at radius 1 is 1.43 bits per heavy atom. The van der Waals surface area contributed by atoms with E-state index in [1.807, 2.05) is 26.0 Å². The summed E-state index contributed by atoms with van der Waals surface area (Å²) < 4.78 is 5.83. The summed E-state index contributed by atoms with van der Waals surface area (Å²) in [7, 11) is 0. The Hall–Kier alpha value is -1.10. The molecule has 3 rings (SSSR count). The lowest BCUT2D eigenvalue weighted by Gasteiger charge is -2.65. The molecule has 2 aliphatic rings. The highest BCUT2D eigenvalue weighted by Crippen LogP contribution is 2.57. The van der Waals surface area contributed by atoms with Gasteiger partial charge in [0, 0.05) is 17.9 Å². The maximum atomic E-state index is 12.8. The average Bonchev–Trinajstić information content (AvgIpc) is 2.48. The molecule has 3 atom stereocenters. The molecule has 114 valence electrons. The normalized spacial score (nSPS) is 33.7. The predicted octanol–water partition coefficient (Wildman–Crippen LogP) is 2.81. The lowest BCUT2D eigenvalue weighted by molar-refractivity contribution is -0.222. The second-order valence-corrected chi connectivity index (χ2v) is 6.97. The Bertz CT molecular complexity index is 575. The zero-order valence-electron chi connectivity index (χ0n) is 12.4. The molecule has 0 spiro atoms. The fourth-order valence-electron chi connectivity index (χ4n) is 3.83. The smallest absolute Gasteiger partial charge is 0.245 e. The van der Waals surface area contributed by atoms with Gasteiger partial charge in [-0.2, -0.15) is 0 Å². The molecule has 3 unspecified atom stereocenters. The number of halogens is 1. The Kier molecular flexibility index (Phi) is 3.51. The van der Waals surface area contributed by atoms with Crippen LogP contribution in [0.25, 0.3) is 0 Å². The topological polar surface area (TPSA) is 64.3 Å². The third kappa shape index (κ3) is 2.00. The van der Waals surface area contributed by atoms with Crippen LogP contribution in [0.4, 0.5) is 5.69 Å². The van der Waals surface area contributed by atoms with Crippen LogP contribution in [0.1, 0.15) is 26.7 Å². The van der Waals surface area contributed by atoms with Crippen molar-refractivity contribution in [2.24, 2.45) is 17.1 Å². The van der Waals surface area contributed by atoms with Crippen LogP contribution in [0.2, 0.25) is 5.02 Å². The van der Waals surface area contributed by atoms with Crippen LogP contribution in [0.3, 0.4) is 0 Å². The number of nitrogens with two attached hydrogens (primary N) is 1. The van der Waals surface area contributed by atoms with Gasteiger partial charge in [0.05, 0.1) is 16.8 Å². The summed E-state index contributed by atoms with van der Waals surface area (Å²) in [5, 5.41) is 3.41. The van der Waals surface area contributed by atoms with Crippen molar-refractivity contribution < 1.29 is 9.53 Å². The molecular weight excluding hydrogens is 288 g/mol. The molecule has 1 aliphatic carbocycles. The van der Waals surface area contributed by atoms with Gasteiger partial charge in [-0.3, -0.25) is 4.79 Å². The van der Waals surface area contributed by atoms with Crippen LogP contribution in [-0.4, -0.2) is 24.2 Å². The number of rotatable bonds is 2. The van der Waals surface area contributed by atoms with E-state index < -0.39 is 5.54 Å². The average molecular weight is 309 g/mol. The lowest BCUT2D eigenvalue weighted by Crippen LogP contribution is -2.81. The molecule has 0 aromatic heterocycles. The first kappa shape index (κ1) is 14.8. The molecule has 1 aliphatic heterocycles. The van der Waals surface area contributed by atoms with E-state index in [0.717, 1.165) is 19.4 Å². The van der Waals surface area contributed by atoms with Gasteiger partial charge in [-0.25, -0.2) is 0 Å². The van der Waals surface area contributed by atoms with E-state index in [1.54, 1.807) is 12.1 Å². The molecule has 1 saturated carbocycles. The van der Waals surface area contributed by atoms with Gasteiger partial charge in [-0.15, -0.1) is 0 Å². The van der Waals surface area contributed by atoms with E-state index in [-0.39, 0.29) is 23.3 Å². The van der Waals surface area contributed by atoms with Crippen LogP contribution >= 0.6 is 11.6 Å². The van der Waals surface area contributed by atoms with Gasteiger partial charge in [0.2, 0.25) is 5.91 Å². The molecule has 0 bridgehead atoms. The summed E-state index contributed by atoms with van der Waals surface area (Å²) in [5.74, 6) is -0.101. The monoisotopic (exact) mass is 308 g/mol. The predicted molar refractivity (Wildman–Crippen MR) is 83.2 cm³/mol. The Morgan fingerprint density at radius 3 is 2.86 bits per heavy atom. The van der Waals surface area contributed by atoms with Crippen molar-refractivity contribution >= 4 is 23.2 Å². The Morgan fingerprint density at radius 2 is 2.14 bits per heavy atom. The molecule has 2 fully saturated rings. The minimum absolute atomic E-state index is 0.0632. The maximum absolute atomic E-state index is 12.8. The summed E-state index contributed by atoms with van der Waals surface area (Å²) in [6.07, 6.45) is 1.95. The number of para-hydroxylation sites is 1. The van der Waals surface area contributed by atoms with Crippen LogP contribution in [0, 0.1) is 11.3 Å². The van der Waals surface area contributed by atoms with Crippen molar-refractivity contribution in [3.8, 4) is 0 Å². The molecule has 4 nitrogen and oxygen atoms in total. The maximum Gasteiger partial charge on any atom is 0.245 e. The number of ether oxygens (including phenoxy) is 1. The minimum atomic E-state index is -0.919. The molecule has 3 N–H and O–H groups in total. The van der Waals surface area contributed by atoms with Gasteiger partial charge in [0.15, 0.2) is 0 Å². The van der Waals surface area contributed by atoms with Crippen molar-refractivity contribution in [1.29, 1.82) is 0 Å². The number of anilines is 1. The second kappa shape index (κ2) is 4.97. The van der Waals surface area contributed by atoms with E-state index in [9.17, 15) is 4.79 Å². The zero-order valence-corrected chi connectivity index (χ0v) is 13.1. The first-order valence-electron chi connectivity index (χ1n) is 7.35. The first-order valence-corrected chi connectivity index (χ1v) is 7.73. The van der Waals surface area contributed by atoms with E-state index in [2.05, 4.69) is 5.32 Å². The number of carbonyl (C=O) groups is 1. The molecule has 1 aromatic rings. The highest BCUT2D eigenvalue weighted by Gasteiger charge is 2.70. The van der Waals surface area contributed by atoms with Gasteiger partial charge in [0.25, 0.3) is 0 Å². The van der Waals surface area contributed by atoms with Gasteiger partial charge >= 0.3 is 0 Å². The van der Waals surface area contributed by atoms with E-state index in [4.69, 9.17) is 22.1 Å². The number of carbonyl (C=O) groups excluding carboxylic acids is 1. The fraction of sp³-hybridized carbons (Fsp3) is 0.562. The van der Waals surface area contributed by atoms with Gasteiger partial charge < -0.3 is 15.8 Å². The molecule has 1 saturated heterocycles. The number of nitrogens with one attached hydrogen (secondary N) is 1. The van der Waals surface area contributed by atoms with Gasteiger partial charge in [0.1, 0.15) is 5.54 Å². The van der Waals surface area contributed by atoms with E-state index >= 15 is 0 Å². The summed E-state index contributed by atoms with van der Waals surface area (Å²) in [5.41, 5.74) is 5.84. The second-order valence-electron chi connectivity index (χ2n) is 6.56. The quantitative estimate of drug-likeness (QED) is 0.883. The lowest BCUT2D eigenvalue weighted by atomic mass is 9.46. The van der Waals surface area contributed by atoms with Crippen molar-refractivity contribution in [1.82, 2.24) is 0 Å². The van der Waals surface area contributed by atoms with Crippen molar-refractivity contribution in [2.75, 3.05) is 11.9 Å². The fourth-order valence-corrected chi connectivity index (χ4v) is 4.01. The van der Waals surface area contributed by atoms with Crippen molar-refractivity contribution in [3.05, 3.63) is 29.3 Å². The highest BCUT2D eigenvalue weighted by molar-refractivity contribution is 6.33. The summed E-state index contributed by atoms with van der Waals surface area (Å²) in [6.45, 7) is 4.77. The number of hydrogen-bond donors (Lipinski definition) is 2. The first-order chi connectivity index (χ1) is 9.89. The standard InChI is InChI=1S/C16H21ClN2O2/c1-15(2)13-10(6-5-9-21-13)16(15,18)14(20)19-12-8-4-3-7-11(12)17/h3-4,7-8,10,13H,5-6,9,18H2,1-2H3,(H,19,20). The summed E-state index contributed by atoms with van der Waals surface area (Å²) in [4.78, 5) is 12.8. The zero-order chi connectivity index (χ0) is 15.3. The van der Waals surface area contributed by atoms with E-state index in [1.165, 1.54) is 0 Å². The number of fused-ring (bicyclic) bond motifs is 1. The molecule has 1 amide bonds. The summed E-state index contributed by atoms with van der Waals surface area (Å²) in [6, 6.07) is 7.19. The molecule has 1 heterocycles. The molecular formula is C16H21ClN2O2. The molecule has 21 heavy (non-hydrogen) atoms. The van der Waals surface area contributed by atoms with Crippen molar-refractivity contribution in [2.45, 2.75) is 38.3 Å². The van der Waals surface area contributed by atoms with Crippen LogP contribution < -0.4 is 11.1 Å². The number of amides is 1. The molecule has 0 radical (unpaired) electrons. The van der Waals surface area contributed by atoms with Crippen LogP contribution in [0.15, 0.2) is 24.3 Å². The Labute approximate surface area is 130 Å². The van der Waals surface area contributed by atoms with Crippen molar-refractivity contribution in [3.63, 3.8) is 0 Å². The van der Waals surface area contributed by atoms with Gasteiger partial charge in [-0.05, 0) is 25.0 Å². The summed E-state index contributed by atoms with van der Waals surface area (Å²) >= 11 is 6.11. The number of benzene rings is 1. The van der Waals surface area contributed by atoms with Gasteiger partial charge in [-0.1, -0.05) is 37.6 Å².